The number of nitrogens with one attached hydrogen (secondary N) is 3. The molecule has 10 nitrogen and oxygen atoms in total. The van der Waals surface area contributed by atoms with Crippen molar-refractivity contribution in [3.05, 3.63) is 0 Å². The van der Waals surface area contributed by atoms with Crippen molar-refractivity contribution in [1.29, 1.82) is 0 Å². The maximum Gasteiger partial charge on any atom is 0.239 e. The molecule has 3 N–H and O–H groups in total. The highest BCUT2D eigenvalue weighted by molar-refractivity contribution is 7.99. The summed E-state index contributed by atoms with van der Waals surface area (Å²) in [5, 5.41) is 10.3. The Morgan fingerprint density at radius 1 is 0.552 bits per heavy atom. The average molecular weight is 833 g/mol. The van der Waals surface area contributed by atoms with Gasteiger partial charge in [0.2, 0.25) is 17.7 Å². The van der Waals surface area contributed by atoms with E-state index in [1.807, 2.05) is 26.0 Å². The molecule has 1 saturated carbocycles. The van der Waals surface area contributed by atoms with Gasteiger partial charge >= 0.3 is 0 Å². The van der Waals surface area contributed by atoms with Crippen molar-refractivity contribution in [3.8, 4) is 0 Å². The van der Waals surface area contributed by atoms with E-state index in [1.54, 1.807) is 0 Å². The lowest BCUT2D eigenvalue weighted by atomic mass is 9.83. The van der Waals surface area contributed by atoms with Crippen molar-refractivity contribution in [3.63, 3.8) is 0 Å². The normalized spacial score (nSPS) is 31.1. The van der Waals surface area contributed by atoms with E-state index in [0.717, 1.165) is 103 Å². The van der Waals surface area contributed by atoms with Gasteiger partial charge in [0.1, 0.15) is 0 Å². The molecule has 0 bridgehead atoms. The number of hydrogen-bond acceptors (Lipinski definition) is 8. The minimum Gasteiger partial charge on any atom is -0.376 e. The molecular weight excluding hydrogens is 745 g/mol. The molecule has 6 fully saturated rings. The summed E-state index contributed by atoms with van der Waals surface area (Å²) in [4.78, 5) is 44.1. The van der Waals surface area contributed by atoms with E-state index in [4.69, 9.17) is 4.74 Å². The van der Waals surface area contributed by atoms with Gasteiger partial charge in [0.25, 0.3) is 0 Å². The number of thioether (sulfide) groups is 1. The number of likely N-dealkylation sites (N-methyl/N-ethyl adjacent to an activating group) is 3. The first-order valence-corrected chi connectivity index (χ1v) is 24.7. The van der Waals surface area contributed by atoms with Crippen LogP contribution in [0.3, 0.4) is 0 Å². The number of hydrogen-bond donors (Lipinski definition) is 3. The topological polar surface area (TPSA) is 106 Å². The quantitative estimate of drug-likeness (QED) is 0.220. The van der Waals surface area contributed by atoms with E-state index in [-0.39, 0.29) is 46.4 Å². The molecule has 5 aliphatic heterocycles. The largest absolute Gasteiger partial charge is 0.376 e. The van der Waals surface area contributed by atoms with Crippen LogP contribution < -0.4 is 16.0 Å². The van der Waals surface area contributed by atoms with Crippen molar-refractivity contribution in [1.82, 2.24) is 30.7 Å². The number of ether oxygens (including phenoxy) is 1. The van der Waals surface area contributed by atoms with E-state index >= 15 is 0 Å². The van der Waals surface area contributed by atoms with E-state index in [1.165, 1.54) is 70.0 Å². The van der Waals surface area contributed by atoms with Crippen LogP contribution in [0.15, 0.2) is 0 Å². The molecule has 6 rings (SSSR count). The lowest BCUT2D eigenvalue weighted by Crippen LogP contribution is -2.47. The average Bonchev–Trinajstić information content (AvgIpc) is 3.62. The third-order valence-electron chi connectivity index (χ3n) is 14.2. The van der Waals surface area contributed by atoms with Crippen LogP contribution in [0.5, 0.6) is 0 Å². The standard InChI is InChI=1S/C16H30N2OS.C16H30N2O.C15H28N2O2/c1-16(2)8-9-18(15(19)14(11-16)17-3)12-13-7-5-4-6-10-20-13;1-16(2)9-10-18(15(19)14(11-16)17-3)12-13-7-5-4-6-8-13;1-15(2)7-8-17(14(18)13(10-15)16-3)11-12-6-4-5-9-19-12/h13-14,17H,4-12H2,1-3H3;13-14,17H,4-12H2,1-3H3;12-13,16H,4-11H2,1-3H3. The molecule has 6 aliphatic rings. The summed E-state index contributed by atoms with van der Waals surface area (Å²) in [5.41, 5.74) is 0.755. The highest BCUT2D eigenvalue weighted by Gasteiger charge is 2.38. The molecule has 0 aromatic carbocycles. The van der Waals surface area contributed by atoms with Gasteiger partial charge in [-0.1, -0.05) is 73.6 Å². The Kier molecular flexibility index (Phi) is 20.1. The van der Waals surface area contributed by atoms with E-state index in [9.17, 15) is 14.4 Å². The van der Waals surface area contributed by atoms with Gasteiger partial charge < -0.3 is 35.4 Å². The van der Waals surface area contributed by atoms with Crippen LogP contribution >= 0.6 is 11.8 Å². The molecule has 3 amide bonds. The predicted octanol–water partition coefficient (Wildman–Crippen LogP) is 7.49. The second-order valence-corrected chi connectivity index (χ2v) is 22.5. The summed E-state index contributed by atoms with van der Waals surface area (Å²) in [7, 11) is 5.73. The van der Waals surface area contributed by atoms with Gasteiger partial charge in [0, 0.05) is 51.1 Å². The molecule has 0 aromatic rings. The zero-order valence-electron chi connectivity index (χ0n) is 38.7. The molecular formula is C47H88N6O4S. The summed E-state index contributed by atoms with van der Waals surface area (Å²) in [6, 6.07) is -0.0227. The third-order valence-corrected chi connectivity index (χ3v) is 15.6. The molecule has 0 radical (unpaired) electrons. The summed E-state index contributed by atoms with van der Waals surface area (Å²) in [6.45, 7) is 20.0. The minimum atomic E-state index is -0.0407. The highest BCUT2D eigenvalue weighted by Crippen LogP contribution is 2.35. The first kappa shape index (κ1) is 49.3. The summed E-state index contributed by atoms with van der Waals surface area (Å²) in [6.07, 6.45) is 21.9. The van der Waals surface area contributed by atoms with Crippen molar-refractivity contribution in [2.24, 2.45) is 22.2 Å². The summed E-state index contributed by atoms with van der Waals surface area (Å²) >= 11 is 2.08. The number of rotatable bonds is 9. The summed E-state index contributed by atoms with van der Waals surface area (Å²) < 4.78 is 5.78. The Morgan fingerprint density at radius 3 is 1.45 bits per heavy atom. The van der Waals surface area contributed by atoms with Gasteiger partial charge in [0.15, 0.2) is 0 Å². The molecule has 5 saturated heterocycles. The third kappa shape index (κ3) is 16.1. The smallest absolute Gasteiger partial charge is 0.239 e. The van der Waals surface area contributed by atoms with Gasteiger partial charge in [-0.3, -0.25) is 14.4 Å². The second kappa shape index (κ2) is 23.7. The van der Waals surface area contributed by atoms with Crippen molar-refractivity contribution < 1.29 is 19.1 Å². The van der Waals surface area contributed by atoms with E-state index < -0.39 is 0 Å². The van der Waals surface area contributed by atoms with Crippen molar-refractivity contribution in [2.45, 2.75) is 187 Å². The maximum absolute atomic E-state index is 12.7. The van der Waals surface area contributed by atoms with Crippen LogP contribution in [0.2, 0.25) is 0 Å². The maximum atomic E-state index is 12.7. The first-order valence-electron chi connectivity index (χ1n) is 23.7. The van der Waals surface area contributed by atoms with Crippen molar-refractivity contribution >= 4 is 29.5 Å². The Labute approximate surface area is 359 Å². The number of likely N-dealkylation sites (tertiary alicyclic amines) is 3. The Morgan fingerprint density at radius 2 is 0.983 bits per heavy atom. The number of nitrogens with zero attached hydrogens (tertiary/aromatic N) is 3. The minimum absolute atomic E-state index is 0.00304. The van der Waals surface area contributed by atoms with Gasteiger partial charge in [-0.15, -0.1) is 0 Å². The van der Waals surface area contributed by atoms with Crippen molar-refractivity contribution in [2.75, 3.05) is 72.8 Å². The molecule has 5 heterocycles. The predicted molar refractivity (Wildman–Crippen MR) is 242 cm³/mol. The molecule has 11 heteroatoms. The lowest BCUT2D eigenvalue weighted by Gasteiger charge is -2.30. The van der Waals surface area contributed by atoms with Crippen LogP contribution in [-0.2, 0) is 19.1 Å². The Hall–Kier alpha value is -1.40. The van der Waals surface area contributed by atoms with Gasteiger partial charge in [-0.05, 0) is 133 Å². The van der Waals surface area contributed by atoms with Crippen LogP contribution in [0.4, 0.5) is 0 Å². The van der Waals surface area contributed by atoms with Gasteiger partial charge in [-0.25, -0.2) is 0 Å². The zero-order valence-corrected chi connectivity index (χ0v) is 39.5. The number of amides is 3. The fourth-order valence-electron chi connectivity index (χ4n) is 10.0. The molecule has 58 heavy (non-hydrogen) atoms. The number of carbonyl (C=O) groups excluding carboxylic acids is 3. The fourth-order valence-corrected chi connectivity index (χ4v) is 11.3. The van der Waals surface area contributed by atoms with E-state index in [0.29, 0.717) is 17.1 Å². The highest BCUT2D eigenvalue weighted by atomic mass is 32.2. The van der Waals surface area contributed by atoms with Gasteiger partial charge in [-0.2, -0.15) is 11.8 Å². The van der Waals surface area contributed by atoms with Crippen LogP contribution in [-0.4, -0.2) is 135 Å². The van der Waals surface area contributed by atoms with E-state index in [2.05, 4.69) is 79.1 Å². The number of carbonyl (C=O) groups is 3. The molecule has 0 aromatic heterocycles. The molecule has 336 valence electrons. The summed E-state index contributed by atoms with van der Waals surface area (Å²) in [5.74, 6) is 2.92. The second-order valence-electron chi connectivity index (χ2n) is 21.1. The van der Waals surface area contributed by atoms with Crippen LogP contribution in [0.1, 0.15) is 157 Å². The molecule has 1 aliphatic carbocycles. The fraction of sp³-hybridized carbons (Fsp3) is 0.936. The molecule has 0 spiro atoms. The van der Waals surface area contributed by atoms with Crippen LogP contribution in [0.25, 0.3) is 0 Å². The molecule has 5 atom stereocenters. The zero-order chi connectivity index (χ0) is 42.3. The Balaban J connectivity index is 0.000000193. The van der Waals surface area contributed by atoms with Crippen LogP contribution in [0, 0.1) is 22.2 Å². The SMILES string of the molecule is CNC1CC(C)(C)CCN(CC2CCCCC2)C1=O.CNC1CC(C)(C)CCN(CC2CCCCCS2)C1=O.CNC1CC(C)(C)CCN(CC2CCCCO2)C1=O. The molecule has 5 unspecified atom stereocenters. The van der Waals surface area contributed by atoms with Gasteiger partial charge in [0.05, 0.1) is 24.2 Å². The lowest BCUT2D eigenvalue weighted by molar-refractivity contribution is -0.135. The monoisotopic (exact) mass is 833 g/mol. The Bertz CT molecular complexity index is 1180. The first-order chi connectivity index (χ1) is 27.5.